The van der Waals surface area contributed by atoms with Crippen molar-refractivity contribution >= 4 is 5.91 Å². The van der Waals surface area contributed by atoms with Crippen LogP contribution < -0.4 is 10.1 Å². The number of amides is 1. The molecule has 0 aromatic heterocycles. The first-order valence-electron chi connectivity index (χ1n) is 8.17. The van der Waals surface area contributed by atoms with Gasteiger partial charge in [-0.05, 0) is 49.1 Å². The van der Waals surface area contributed by atoms with Crippen molar-refractivity contribution in [1.29, 1.82) is 0 Å². The first kappa shape index (κ1) is 18.0. The molecule has 2 atom stereocenters. The zero-order valence-corrected chi connectivity index (χ0v) is 14.4. The highest BCUT2D eigenvalue weighted by Gasteiger charge is 2.06. The molecule has 2 rings (SSSR count). The van der Waals surface area contributed by atoms with Crippen molar-refractivity contribution in [3.8, 4) is 16.9 Å². The van der Waals surface area contributed by atoms with Gasteiger partial charge in [0.2, 0.25) is 5.91 Å². The first-order valence-corrected chi connectivity index (χ1v) is 8.17. The molecule has 0 radical (unpaired) electrons. The molecule has 3 nitrogen and oxygen atoms in total. The number of carbonyl (C=O) groups is 1. The number of hydrogen-bond donors (Lipinski definition) is 1. The molecule has 0 spiro atoms. The zero-order chi connectivity index (χ0) is 17.5. The number of benzene rings is 2. The molecule has 0 heterocycles. The van der Waals surface area contributed by atoms with Crippen LogP contribution in [-0.4, -0.2) is 24.7 Å². The fraction of sp³-hybridized carbons (Fsp3) is 0.350. The minimum atomic E-state index is -0.975. The van der Waals surface area contributed by atoms with Crippen LogP contribution in [0, 0.1) is 0 Å². The summed E-state index contributed by atoms with van der Waals surface area (Å²) in [7, 11) is 0. The van der Waals surface area contributed by atoms with Crippen molar-refractivity contribution in [2.45, 2.75) is 39.4 Å². The van der Waals surface area contributed by atoms with E-state index < -0.39 is 6.17 Å². The SMILES string of the molecule is CC(=O)NC(C)Cc1ccc(-c2ccc(OCC(C)F)cc2)cc1. The highest BCUT2D eigenvalue weighted by atomic mass is 19.1. The minimum absolute atomic E-state index is 0.0106. The van der Waals surface area contributed by atoms with Crippen LogP contribution in [-0.2, 0) is 11.2 Å². The third-order valence-electron chi connectivity index (χ3n) is 3.61. The molecule has 0 bridgehead atoms. The number of halogens is 1. The Morgan fingerprint density at radius 1 is 1.04 bits per heavy atom. The van der Waals surface area contributed by atoms with Gasteiger partial charge in [-0.1, -0.05) is 36.4 Å². The van der Waals surface area contributed by atoms with Gasteiger partial charge in [0.25, 0.3) is 0 Å². The van der Waals surface area contributed by atoms with E-state index in [1.807, 2.05) is 31.2 Å². The van der Waals surface area contributed by atoms with Crippen LogP contribution in [0.4, 0.5) is 4.39 Å². The van der Waals surface area contributed by atoms with Crippen LogP contribution in [0.5, 0.6) is 5.75 Å². The molecule has 0 aliphatic rings. The maximum Gasteiger partial charge on any atom is 0.217 e. The normalized spacial score (nSPS) is 13.2. The summed E-state index contributed by atoms with van der Waals surface area (Å²) in [6.45, 7) is 5.07. The van der Waals surface area contributed by atoms with Crippen LogP contribution >= 0.6 is 0 Å². The lowest BCUT2D eigenvalue weighted by Crippen LogP contribution is -2.31. The average molecular weight is 329 g/mol. The van der Waals surface area contributed by atoms with E-state index in [2.05, 4.69) is 29.6 Å². The van der Waals surface area contributed by atoms with E-state index in [4.69, 9.17) is 4.74 Å². The van der Waals surface area contributed by atoms with E-state index >= 15 is 0 Å². The molecule has 0 saturated carbocycles. The smallest absolute Gasteiger partial charge is 0.217 e. The van der Waals surface area contributed by atoms with Gasteiger partial charge in [-0.15, -0.1) is 0 Å². The standard InChI is InChI=1S/C20H24FNO2/c1-14(21)13-24-20-10-8-19(9-11-20)18-6-4-17(5-7-18)12-15(2)22-16(3)23/h4-11,14-15H,12-13H2,1-3H3,(H,22,23). The van der Waals surface area contributed by atoms with Crippen LogP contribution in [0.1, 0.15) is 26.3 Å². The third-order valence-corrected chi connectivity index (χ3v) is 3.61. The molecule has 2 aromatic carbocycles. The van der Waals surface area contributed by atoms with Crippen molar-refractivity contribution in [1.82, 2.24) is 5.32 Å². The Labute approximate surface area is 142 Å². The molecule has 1 N–H and O–H groups in total. The van der Waals surface area contributed by atoms with Crippen molar-refractivity contribution < 1.29 is 13.9 Å². The van der Waals surface area contributed by atoms with Crippen molar-refractivity contribution in [3.05, 3.63) is 54.1 Å². The molecule has 128 valence electrons. The second-order valence-electron chi connectivity index (χ2n) is 6.12. The number of rotatable bonds is 7. The van der Waals surface area contributed by atoms with Gasteiger partial charge in [0.05, 0.1) is 0 Å². The van der Waals surface area contributed by atoms with Crippen LogP contribution in [0.3, 0.4) is 0 Å². The van der Waals surface area contributed by atoms with Crippen molar-refractivity contribution in [3.63, 3.8) is 0 Å². The summed E-state index contributed by atoms with van der Waals surface area (Å²) in [5.41, 5.74) is 3.37. The van der Waals surface area contributed by atoms with E-state index in [1.165, 1.54) is 19.4 Å². The third kappa shape index (κ3) is 5.69. The number of nitrogens with one attached hydrogen (secondary N) is 1. The monoisotopic (exact) mass is 329 g/mol. The summed E-state index contributed by atoms with van der Waals surface area (Å²) in [6.07, 6.45) is -0.175. The molecule has 4 heteroatoms. The topological polar surface area (TPSA) is 38.3 Å². The molecule has 24 heavy (non-hydrogen) atoms. The summed E-state index contributed by atoms with van der Waals surface area (Å²) in [6, 6.07) is 16.0. The molecule has 0 aliphatic carbocycles. The molecule has 0 aliphatic heterocycles. The fourth-order valence-electron chi connectivity index (χ4n) is 2.54. The number of carbonyl (C=O) groups excluding carboxylic acids is 1. The molecular weight excluding hydrogens is 305 g/mol. The Hall–Kier alpha value is -2.36. The van der Waals surface area contributed by atoms with Gasteiger partial charge in [0.1, 0.15) is 18.5 Å². The molecule has 0 saturated heterocycles. The molecule has 1 amide bonds. The number of alkyl halides is 1. The summed E-state index contributed by atoms with van der Waals surface area (Å²) in [5.74, 6) is 0.660. The van der Waals surface area contributed by atoms with Gasteiger partial charge >= 0.3 is 0 Å². The lowest BCUT2D eigenvalue weighted by molar-refractivity contribution is -0.119. The first-order chi connectivity index (χ1) is 11.4. The Morgan fingerprint density at radius 2 is 1.58 bits per heavy atom. The van der Waals surface area contributed by atoms with Crippen LogP contribution in [0.15, 0.2) is 48.5 Å². The average Bonchev–Trinajstić information content (AvgIpc) is 2.53. The van der Waals surface area contributed by atoms with Gasteiger partial charge in [0.15, 0.2) is 0 Å². The highest BCUT2D eigenvalue weighted by molar-refractivity contribution is 5.73. The zero-order valence-electron chi connectivity index (χ0n) is 14.4. The minimum Gasteiger partial charge on any atom is -0.491 e. The number of hydrogen-bond acceptors (Lipinski definition) is 2. The molecule has 2 unspecified atom stereocenters. The maximum atomic E-state index is 12.8. The highest BCUT2D eigenvalue weighted by Crippen LogP contribution is 2.23. The Bertz CT molecular complexity index is 650. The summed E-state index contributed by atoms with van der Waals surface area (Å²) < 4.78 is 18.1. The second-order valence-corrected chi connectivity index (χ2v) is 6.12. The fourth-order valence-corrected chi connectivity index (χ4v) is 2.54. The number of ether oxygens (including phenoxy) is 1. The maximum absolute atomic E-state index is 12.8. The largest absolute Gasteiger partial charge is 0.491 e. The van der Waals surface area contributed by atoms with E-state index in [1.54, 1.807) is 0 Å². The van der Waals surface area contributed by atoms with Crippen LogP contribution in [0.25, 0.3) is 11.1 Å². The molecular formula is C20H24FNO2. The Balaban J connectivity index is 1.98. The van der Waals surface area contributed by atoms with Gasteiger partial charge in [0, 0.05) is 13.0 Å². The van der Waals surface area contributed by atoms with Gasteiger partial charge in [-0.3, -0.25) is 4.79 Å². The Kier molecular flexibility index (Phi) is 6.36. The molecule has 0 fully saturated rings. The summed E-state index contributed by atoms with van der Waals surface area (Å²) in [4.78, 5) is 11.1. The van der Waals surface area contributed by atoms with E-state index in [0.717, 1.165) is 17.5 Å². The van der Waals surface area contributed by atoms with E-state index in [9.17, 15) is 9.18 Å². The summed E-state index contributed by atoms with van der Waals surface area (Å²) in [5, 5.41) is 2.88. The molecule has 2 aromatic rings. The quantitative estimate of drug-likeness (QED) is 0.828. The lowest BCUT2D eigenvalue weighted by Gasteiger charge is -2.13. The van der Waals surface area contributed by atoms with E-state index in [-0.39, 0.29) is 18.6 Å². The predicted octanol–water partition coefficient (Wildman–Crippen LogP) is 4.16. The van der Waals surface area contributed by atoms with Crippen molar-refractivity contribution in [2.24, 2.45) is 0 Å². The van der Waals surface area contributed by atoms with Gasteiger partial charge < -0.3 is 10.1 Å². The lowest BCUT2D eigenvalue weighted by atomic mass is 10.0. The Morgan fingerprint density at radius 3 is 2.08 bits per heavy atom. The predicted molar refractivity (Wildman–Crippen MR) is 94.9 cm³/mol. The van der Waals surface area contributed by atoms with Gasteiger partial charge in [-0.25, -0.2) is 4.39 Å². The summed E-state index contributed by atoms with van der Waals surface area (Å²) >= 11 is 0. The van der Waals surface area contributed by atoms with Crippen molar-refractivity contribution in [2.75, 3.05) is 6.61 Å². The van der Waals surface area contributed by atoms with Crippen LogP contribution in [0.2, 0.25) is 0 Å². The van der Waals surface area contributed by atoms with Gasteiger partial charge in [-0.2, -0.15) is 0 Å². The van der Waals surface area contributed by atoms with E-state index in [0.29, 0.717) is 5.75 Å². The second kappa shape index (κ2) is 8.48.